The van der Waals surface area contributed by atoms with Gasteiger partial charge in [-0.05, 0) is 56.4 Å². The number of hydrogen-bond donors (Lipinski definition) is 1. The second kappa shape index (κ2) is 6.40. The summed E-state index contributed by atoms with van der Waals surface area (Å²) in [6, 6.07) is 6.99. The van der Waals surface area contributed by atoms with Gasteiger partial charge in [-0.2, -0.15) is 0 Å². The van der Waals surface area contributed by atoms with E-state index in [9.17, 15) is 0 Å². The third kappa shape index (κ3) is 3.71. The maximum Gasteiger partial charge on any atom is 0.0605 e. The SMILES string of the molecule is COC1CCN(c2ccc(CC(C)N)c(C)c2)CC1. The molecular weight excluding hydrogens is 236 g/mol. The Morgan fingerprint density at radius 2 is 2.05 bits per heavy atom. The summed E-state index contributed by atoms with van der Waals surface area (Å²) in [7, 11) is 1.81. The monoisotopic (exact) mass is 262 g/mol. The second-order valence-electron chi connectivity index (χ2n) is 5.71. The topological polar surface area (TPSA) is 38.5 Å². The van der Waals surface area contributed by atoms with Gasteiger partial charge in [0.2, 0.25) is 0 Å². The van der Waals surface area contributed by atoms with Crippen molar-refractivity contribution in [2.75, 3.05) is 25.1 Å². The number of rotatable bonds is 4. The molecule has 0 aromatic heterocycles. The fourth-order valence-corrected chi connectivity index (χ4v) is 2.80. The highest BCUT2D eigenvalue weighted by Crippen LogP contribution is 2.24. The van der Waals surface area contributed by atoms with Crippen molar-refractivity contribution in [3.05, 3.63) is 29.3 Å². The predicted octanol–water partition coefficient (Wildman–Crippen LogP) is 2.50. The third-order valence-corrected chi connectivity index (χ3v) is 4.01. The summed E-state index contributed by atoms with van der Waals surface area (Å²) in [4.78, 5) is 2.46. The third-order valence-electron chi connectivity index (χ3n) is 4.01. The normalized spacial score (nSPS) is 18.6. The van der Waals surface area contributed by atoms with E-state index >= 15 is 0 Å². The van der Waals surface area contributed by atoms with Gasteiger partial charge in [0.15, 0.2) is 0 Å². The first-order valence-corrected chi connectivity index (χ1v) is 7.23. The van der Waals surface area contributed by atoms with E-state index in [1.807, 2.05) is 7.11 Å². The Morgan fingerprint density at radius 3 is 2.58 bits per heavy atom. The second-order valence-corrected chi connectivity index (χ2v) is 5.71. The average Bonchev–Trinajstić information content (AvgIpc) is 2.41. The van der Waals surface area contributed by atoms with E-state index in [-0.39, 0.29) is 6.04 Å². The Morgan fingerprint density at radius 1 is 1.37 bits per heavy atom. The molecule has 0 saturated carbocycles. The molecule has 3 nitrogen and oxygen atoms in total. The summed E-state index contributed by atoms with van der Waals surface area (Å²) in [5.41, 5.74) is 9.93. The fourth-order valence-electron chi connectivity index (χ4n) is 2.80. The predicted molar refractivity (Wildman–Crippen MR) is 80.8 cm³/mol. The van der Waals surface area contributed by atoms with Crippen LogP contribution in [0.5, 0.6) is 0 Å². The molecule has 0 spiro atoms. The molecule has 2 N–H and O–H groups in total. The zero-order valence-electron chi connectivity index (χ0n) is 12.4. The van der Waals surface area contributed by atoms with E-state index in [2.05, 4.69) is 36.9 Å². The number of nitrogens with two attached hydrogens (primary N) is 1. The summed E-state index contributed by atoms with van der Waals surface area (Å²) in [6.07, 6.45) is 3.64. The average molecular weight is 262 g/mol. The number of piperidine rings is 1. The largest absolute Gasteiger partial charge is 0.381 e. The summed E-state index contributed by atoms with van der Waals surface area (Å²) in [5.74, 6) is 0. The van der Waals surface area contributed by atoms with Crippen LogP contribution in [-0.4, -0.2) is 32.3 Å². The number of aryl methyl sites for hydroxylation is 1. The maximum absolute atomic E-state index is 5.88. The Balaban J connectivity index is 2.04. The van der Waals surface area contributed by atoms with Crippen LogP contribution < -0.4 is 10.6 Å². The van der Waals surface area contributed by atoms with Gasteiger partial charge < -0.3 is 15.4 Å². The molecule has 0 radical (unpaired) electrons. The molecule has 1 aromatic rings. The smallest absolute Gasteiger partial charge is 0.0605 e. The maximum atomic E-state index is 5.88. The molecule has 19 heavy (non-hydrogen) atoms. The molecule has 0 amide bonds. The van der Waals surface area contributed by atoms with Gasteiger partial charge in [-0.15, -0.1) is 0 Å². The fraction of sp³-hybridized carbons (Fsp3) is 0.625. The van der Waals surface area contributed by atoms with Crippen LogP contribution in [-0.2, 0) is 11.2 Å². The van der Waals surface area contributed by atoms with Crippen molar-refractivity contribution >= 4 is 5.69 Å². The number of nitrogens with zero attached hydrogens (tertiary/aromatic N) is 1. The van der Waals surface area contributed by atoms with Crippen LogP contribution in [0.3, 0.4) is 0 Å². The molecule has 2 rings (SSSR count). The Bertz CT molecular complexity index is 409. The first kappa shape index (κ1) is 14.4. The Hall–Kier alpha value is -1.06. The van der Waals surface area contributed by atoms with Crippen molar-refractivity contribution in [1.82, 2.24) is 0 Å². The molecule has 1 atom stereocenters. The quantitative estimate of drug-likeness (QED) is 0.906. The minimum absolute atomic E-state index is 0.224. The van der Waals surface area contributed by atoms with E-state index in [1.165, 1.54) is 16.8 Å². The van der Waals surface area contributed by atoms with E-state index in [4.69, 9.17) is 10.5 Å². The lowest BCUT2D eigenvalue weighted by Crippen LogP contribution is -2.36. The molecule has 1 aliphatic rings. The van der Waals surface area contributed by atoms with Crippen molar-refractivity contribution in [1.29, 1.82) is 0 Å². The van der Waals surface area contributed by atoms with Gasteiger partial charge in [0, 0.05) is 31.9 Å². The van der Waals surface area contributed by atoms with Gasteiger partial charge in [0.1, 0.15) is 0 Å². The molecule has 1 aromatic carbocycles. The first-order chi connectivity index (χ1) is 9.10. The standard InChI is InChI=1S/C16H26N2O/c1-12-10-15(5-4-14(12)11-13(2)17)18-8-6-16(19-3)7-9-18/h4-5,10,13,16H,6-9,11,17H2,1-3H3. The van der Waals surface area contributed by atoms with Crippen molar-refractivity contribution in [3.8, 4) is 0 Å². The highest BCUT2D eigenvalue weighted by atomic mass is 16.5. The van der Waals surface area contributed by atoms with Crippen LogP contribution in [0.25, 0.3) is 0 Å². The Kier molecular flexibility index (Phi) is 4.83. The lowest BCUT2D eigenvalue weighted by molar-refractivity contribution is 0.0819. The molecule has 1 saturated heterocycles. The van der Waals surface area contributed by atoms with Crippen LogP contribution in [0.4, 0.5) is 5.69 Å². The highest BCUT2D eigenvalue weighted by molar-refractivity contribution is 5.51. The van der Waals surface area contributed by atoms with Crippen LogP contribution >= 0.6 is 0 Å². The van der Waals surface area contributed by atoms with Gasteiger partial charge in [0.25, 0.3) is 0 Å². The molecule has 1 unspecified atom stereocenters. The summed E-state index contributed by atoms with van der Waals surface area (Å²) in [6.45, 7) is 6.42. The molecule has 1 heterocycles. The van der Waals surface area contributed by atoms with Gasteiger partial charge in [-0.3, -0.25) is 0 Å². The molecule has 1 fully saturated rings. The summed E-state index contributed by atoms with van der Waals surface area (Å²) in [5, 5.41) is 0. The zero-order valence-corrected chi connectivity index (χ0v) is 12.4. The number of hydrogen-bond acceptors (Lipinski definition) is 3. The first-order valence-electron chi connectivity index (χ1n) is 7.23. The molecule has 1 aliphatic heterocycles. The molecule has 0 bridgehead atoms. The minimum atomic E-state index is 0.224. The van der Waals surface area contributed by atoms with Crippen molar-refractivity contribution in [2.45, 2.75) is 45.3 Å². The van der Waals surface area contributed by atoms with Crippen LogP contribution in [0, 0.1) is 6.92 Å². The lowest BCUT2D eigenvalue weighted by atomic mass is 10.0. The number of benzene rings is 1. The Labute approximate surface area is 116 Å². The summed E-state index contributed by atoms with van der Waals surface area (Å²) >= 11 is 0. The van der Waals surface area contributed by atoms with Gasteiger partial charge in [-0.25, -0.2) is 0 Å². The van der Waals surface area contributed by atoms with Gasteiger partial charge in [0.05, 0.1) is 6.10 Å². The van der Waals surface area contributed by atoms with Crippen molar-refractivity contribution in [2.24, 2.45) is 5.73 Å². The summed E-state index contributed by atoms with van der Waals surface area (Å²) < 4.78 is 5.42. The number of anilines is 1. The van der Waals surface area contributed by atoms with Crippen molar-refractivity contribution < 1.29 is 4.74 Å². The number of ether oxygens (including phenoxy) is 1. The van der Waals surface area contributed by atoms with E-state index < -0.39 is 0 Å². The molecule has 3 heteroatoms. The zero-order chi connectivity index (χ0) is 13.8. The highest BCUT2D eigenvalue weighted by Gasteiger charge is 2.19. The molecular formula is C16H26N2O. The minimum Gasteiger partial charge on any atom is -0.381 e. The van der Waals surface area contributed by atoms with E-state index in [1.54, 1.807) is 0 Å². The lowest BCUT2D eigenvalue weighted by Gasteiger charge is -2.33. The van der Waals surface area contributed by atoms with Crippen LogP contribution in [0.15, 0.2) is 18.2 Å². The van der Waals surface area contributed by atoms with Crippen LogP contribution in [0.1, 0.15) is 30.9 Å². The van der Waals surface area contributed by atoms with E-state index in [0.717, 1.165) is 32.4 Å². The van der Waals surface area contributed by atoms with Crippen molar-refractivity contribution in [3.63, 3.8) is 0 Å². The van der Waals surface area contributed by atoms with Crippen LogP contribution in [0.2, 0.25) is 0 Å². The van der Waals surface area contributed by atoms with E-state index in [0.29, 0.717) is 6.10 Å². The number of methoxy groups -OCH3 is 1. The van der Waals surface area contributed by atoms with Gasteiger partial charge in [-0.1, -0.05) is 6.07 Å². The molecule has 106 valence electrons. The van der Waals surface area contributed by atoms with Gasteiger partial charge >= 0.3 is 0 Å². The molecule has 0 aliphatic carbocycles.